The second-order valence-corrected chi connectivity index (χ2v) is 8.65. The highest BCUT2D eigenvalue weighted by atomic mass is 16.2. The summed E-state index contributed by atoms with van der Waals surface area (Å²) in [5.41, 5.74) is 3.61. The van der Waals surface area contributed by atoms with Crippen LogP contribution < -0.4 is 5.69 Å². The fraction of sp³-hybridized carbons (Fsp3) is 0.292. The first kappa shape index (κ1) is 21.4. The first-order valence-electron chi connectivity index (χ1n) is 10.7. The van der Waals surface area contributed by atoms with Crippen molar-refractivity contribution in [3.05, 3.63) is 76.5 Å². The summed E-state index contributed by atoms with van der Waals surface area (Å²) in [6, 6.07) is 16.3. The number of nitrogens with zero attached hydrogens (tertiary/aromatic N) is 6. The van der Waals surface area contributed by atoms with Gasteiger partial charge >= 0.3 is 5.69 Å². The van der Waals surface area contributed by atoms with Crippen molar-refractivity contribution in [1.29, 1.82) is 0 Å². The van der Waals surface area contributed by atoms with E-state index in [0.29, 0.717) is 18.2 Å². The summed E-state index contributed by atoms with van der Waals surface area (Å²) in [5.74, 6) is 1.30. The molecule has 2 aromatic carbocycles. The first-order valence-corrected chi connectivity index (χ1v) is 10.7. The van der Waals surface area contributed by atoms with Gasteiger partial charge in [-0.1, -0.05) is 55.5 Å². The van der Waals surface area contributed by atoms with Gasteiger partial charge in [-0.25, -0.2) is 14.6 Å². The smallest absolute Gasteiger partial charge is 0.271 e. The minimum absolute atomic E-state index is 0.106. The number of aromatic nitrogens is 7. The Balaban J connectivity index is 1.62. The molecule has 164 valence electrons. The van der Waals surface area contributed by atoms with Crippen LogP contribution in [0, 0.1) is 0 Å². The van der Waals surface area contributed by atoms with Gasteiger partial charge in [0, 0.05) is 5.56 Å². The third-order valence-corrected chi connectivity index (χ3v) is 5.14. The summed E-state index contributed by atoms with van der Waals surface area (Å²) in [4.78, 5) is 13.1. The van der Waals surface area contributed by atoms with Gasteiger partial charge in [-0.2, -0.15) is 0 Å². The molecule has 0 spiro atoms. The van der Waals surface area contributed by atoms with Crippen molar-refractivity contribution in [2.75, 3.05) is 0 Å². The Morgan fingerprint density at radius 1 is 1.03 bits per heavy atom. The van der Waals surface area contributed by atoms with Gasteiger partial charge in [0.1, 0.15) is 0 Å². The summed E-state index contributed by atoms with van der Waals surface area (Å²) in [7, 11) is 0. The van der Waals surface area contributed by atoms with E-state index in [1.54, 1.807) is 9.25 Å². The quantitative estimate of drug-likeness (QED) is 0.498. The van der Waals surface area contributed by atoms with Crippen LogP contribution in [-0.2, 0) is 12.1 Å². The Hall–Kier alpha value is -3.81. The average Bonchev–Trinajstić information content (AvgIpc) is 3.42. The summed E-state index contributed by atoms with van der Waals surface area (Å²) in [6.07, 6.45) is 4.82. The molecule has 8 nitrogen and oxygen atoms in total. The van der Waals surface area contributed by atoms with Crippen LogP contribution in [0.25, 0.3) is 28.6 Å². The normalized spacial score (nSPS) is 12.0. The van der Waals surface area contributed by atoms with E-state index in [9.17, 15) is 4.79 Å². The second kappa shape index (κ2) is 8.74. The van der Waals surface area contributed by atoms with Gasteiger partial charge in [0.25, 0.3) is 0 Å². The number of aromatic amines is 1. The van der Waals surface area contributed by atoms with Crippen molar-refractivity contribution in [1.82, 2.24) is 35.0 Å². The molecule has 0 aliphatic carbocycles. The molecule has 0 fully saturated rings. The summed E-state index contributed by atoms with van der Waals surface area (Å²) in [5, 5.41) is 18.6. The van der Waals surface area contributed by atoms with Gasteiger partial charge in [0.15, 0.2) is 11.6 Å². The highest BCUT2D eigenvalue weighted by Gasteiger charge is 2.21. The Bertz CT molecular complexity index is 1270. The van der Waals surface area contributed by atoms with Crippen molar-refractivity contribution >= 4 is 6.08 Å². The topological polar surface area (TPSA) is 94.3 Å². The number of tetrazole rings is 1. The molecule has 0 aliphatic heterocycles. The van der Waals surface area contributed by atoms with E-state index < -0.39 is 0 Å². The maximum absolute atomic E-state index is 13.1. The van der Waals surface area contributed by atoms with Crippen LogP contribution in [0.15, 0.2) is 59.4 Å². The Kier molecular flexibility index (Phi) is 5.85. The van der Waals surface area contributed by atoms with E-state index in [2.05, 4.69) is 44.8 Å². The van der Waals surface area contributed by atoms with Crippen molar-refractivity contribution in [2.24, 2.45) is 0 Å². The lowest BCUT2D eigenvalue weighted by Gasteiger charge is -2.16. The highest BCUT2D eigenvalue weighted by molar-refractivity contribution is 5.70. The molecule has 2 heterocycles. The average molecular weight is 430 g/mol. The molecule has 0 saturated carbocycles. The molecule has 8 heteroatoms. The van der Waals surface area contributed by atoms with E-state index in [1.807, 2.05) is 69.3 Å². The Morgan fingerprint density at radius 3 is 2.44 bits per heavy atom. The minimum Gasteiger partial charge on any atom is -0.271 e. The zero-order valence-corrected chi connectivity index (χ0v) is 18.8. The number of rotatable bonds is 6. The largest absolute Gasteiger partial charge is 0.347 e. The molecule has 0 amide bonds. The second-order valence-electron chi connectivity index (χ2n) is 8.65. The van der Waals surface area contributed by atoms with Crippen molar-refractivity contribution in [2.45, 2.75) is 46.2 Å². The molecule has 1 N–H and O–H groups in total. The predicted octanol–water partition coefficient (Wildman–Crippen LogP) is 4.12. The van der Waals surface area contributed by atoms with Gasteiger partial charge < -0.3 is 0 Å². The molecule has 4 rings (SSSR count). The number of allylic oxidation sites excluding steroid dienone is 1. The summed E-state index contributed by atoms with van der Waals surface area (Å²) >= 11 is 0. The van der Waals surface area contributed by atoms with Crippen LogP contribution >= 0.6 is 0 Å². The van der Waals surface area contributed by atoms with Crippen LogP contribution in [0.4, 0.5) is 0 Å². The third-order valence-electron chi connectivity index (χ3n) is 5.14. The molecule has 0 aliphatic rings. The predicted molar refractivity (Wildman–Crippen MR) is 125 cm³/mol. The number of nitrogens with one attached hydrogen (secondary N) is 1. The van der Waals surface area contributed by atoms with E-state index in [1.165, 1.54) is 0 Å². The highest BCUT2D eigenvalue weighted by Crippen LogP contribution is 2.24. The van der Waals surface area contributed by atoms with Crippen LogP contribution in [0.2, 0.25) is 0 Å². The van der Waals surface area contributed by atoms with Gasteiger partial charge in [0.05, 0.1) is 12.1 Å². The maximum atomic E-state index is 13.1. The third kappa shape index (κ3) is 4.44. The van der Waals surface area contributed by atoms with Crippen molar-refractivity contribution < 1.29 is 0 Å². The standard InChI is InChI=1S/C24H27N7O/c1-5-6-10-21-27-31(24(2,3)4)23(32)30(21)16-17-11-13-18(14-12-17)19-8-7-9-20(15-19)22-25-28-29-26-22/h6-15H,5,16H2,1-4H3,(H,25,26,28,29). The van der Waals surface area contributed by atoms with Crippen molar-refractivity contribution in [3.8, 4) is 22.5 Å². The Morgan fingerprint density at radius 2 is 1.78 bits per heavy atom. The van der Waals surface area contributed by atoms with Crippen LogP contribution in [0.3, 0.4) is 0 Å². The molecular formula is C24H27N7O. The number of hydrogen-bond donors (Lipinski definition) is 1. The van der Waals surface area contributed by atoms with Crippen molar-refractivity contribution in [3.63, 3.8) is 0 Å². The first-order chi connectivity index (χ1) is 15.4. The van der Waals surface area contributed by atoms with Gasteiger partial charge in [-0.15, -0.1) is 10.2 Å². The zero-order chi connectivity index (χ0) is 22.7. The molecule has 0 atom stereocenters. The van der Waals surface area contributed by atoms with Gasteiger partial charge in [0.2, 0.25) is 0 Å². The maximum Gasteiger partial charge on any atom is 0.347 e. The zero-order valence-electron chi connectivity index (χ0n) is 18.8. The van der Waals surface area contributed by atoms with Gasteiger partial charge in [-0.05, 0) is 66.5 Å². The molecule has 32 heavy (non-hydrogen) atoms. The number of H-pyrrole nitrogens is 1. The summed E-state index contributed by atoms with van der Waals surface area (Å²) < 4.78 is 3.28. The molecule has 0 unspecified atom stereocenters. The van der Waals surface area contributed by atoms with Crippen LogP contribution in [0.1, 0.15) is 45.5 Å². The Labute approximate surface area is 186 Å². The van der Waals surface area contributed by atoms with Crippen LogP contribution in [0.5, 0.6) is 0 Å². The number of hydrogen-bond acceptors (Lipinski definition) is 5. The molecule has 0 bridgehead atoms. The van der Waals surface area contributed by atoms with Crippen LogP contribution in [-0.4, -0.2) is 35.0 Å². The summed E-state index contributed by atoms with van der Waals surface area (Å²) in [6.45, 7) is 8.47. The van der Waals surface area contributed by atoms with E-state index >= 15 is 0 Å². The molecule has 0 radical (unpaired) electrons. The van der Waals surface area contributed by atoms with Gasteiger partial charge in [-0.3, -0.25) is 4.57 Å². The number of benzene rings is 2. The molecule has 4 aromatic rings. The molecular weight excluding hydrogens is 402 g/mol. The lowest BCUT2D eigenvalue weighted by molar-refractivity contribution is 0.340. The molecule has 0 saturated heterocycles. The van der Waals surface area contributed by atoms with E-state index in [0.717, 1.165) is 28.7 Å². The minimum atomic E-state index is -0.384. The fourth-order valence-corrected chi connectivity index (χ4v) is 3.46. The monoisotopic (exact) mass is 429 g/mol. The van der Waals surface area contributed by atoms with E-state index in [4.69, 9.17) is 0 Å². The lowest BCUT2D eigenvalue weighted by Crippen LogP contribution is -2.35. The SMILES string of the molecule is CCC=Cc1nn(C(C)(C)C)c(=O)n1Cc1ccc(-c2cccc(-c3nnn[nH]3)c2)cc1. The van der Waals surface area contributed by atoms with E-state index in [-0.39, 0.29) is 11.2 Å². The fourth-order valence-electron chi connectivity index (χ4n) is 3.46. The molecule has 2 aromatic heterocycles. The lowest BCUT2D eigenvalue weighted by atomic mass is 10.0.